The van der Waals surface area contributed by atoms with Crippen LogP contribution in [0.1, 0.15) is 317 Å². The van der Waals surface area contributed by atoms with Gasteiger partial charge in [-0.3, -0.25) is 0 Å². The number of hydrogen-bond acceptors (Lipinski definition) is 2. The summed E-state index contributed by atoms with van der Waals surface area (Å²) < 4.78 is 209. The molecule has 0 radical (unpaired) electrons. The van der Waals surface area contributed by atoms with Gasteiger partial charge in [0.25, 0.3) is 6.71 Å². The van der Waals surface area contributed by atoms with Gasteiger partial charge in [-0.15, -0.1) is 0 Å². The van der Waals surface area contributed by atoms with E-state index in [-0.39, 0.29) is 11.1 Å². The van der Waals surface area contributed by atoms with Crippen LogP contribution in [0, 0.1) is 54.1 Å². The maximum atomic E-state index is 11.0. The zero-order valence-electron chi connectivity index (χ0n) is 108. The van der Waals surface area contributed by atoms with E-state index in [9.17, 15) is 27.4 Å². The highest BCUT2D eigenvalue weighted by atomic mass is 15.2. The molecule has 2 aliphatic rings. The van der Waals surface area contributed by atoms with Crippen LogP contribution >= 0.6 is 0 Å². The molecule has 0 aliphatic carbocycles. The average Bonchev–Trinajstić information content (AvgIpc) is 1.10. The highest BCUT2D eigenvalue weighted by Crippen LogP contribution is 2.55. The van der Waals surface area contributed by atoms with E-state index in [1.807, 2.05) is 378 Å². The van der Waals surface area contributed by atoms with Crippen molar-refractivity contribution in [3.63, 3.8) is 0 Å². The Hall–Kier alpha value is -10.9. The van der Waals surface area contributed by atoms with Gasteiger partial charge in [0.1, 0.15) is 0 Å². The summed E-state index contributed by atoms with van der Waals surface area (Å²) in [5.41, 5.74) is 7.89. The normalized spacial score (nSPS) is 17.0. The van der Waals surface area contributed by atoms with E-state index in [1.54, 1.807) is 12.1 Å². The molecule has 0 fully saturated rings. The molecule has 0 amide bonds. The molecule has 2 aromatic heterocycles. The molecule has 137 heavy (non-hydrogen) atoms. The van der Waals surface area contributed by atoms with E-state index in [4.69, 9.17) is 0 Å². The number of rotatable bonds is 18. The van der Waals surface area contributed by atoms with Crippen molar-refractivity contribution in [2.75, 3.05) is 9.80 Å². The van der Waals surface area contributed by atoms with E-state index in [2.05, 4.69) is 100 Å². The first-order chi connectivity index (χ1) is 71.4. The summed E-state index contributed by atoms with van der Waals surface area (Å²) in [5.74, 6) is 0. The van der Waals surface area contributed by atoms with Gasteiger partial charge in [-0.25, -0.2) is 0 Å². The van der Waals surface area contributed by atoms with E-state index in [1.165, 1.54) is 0 Å². The summed E-state index contributed by atoms with van der Waals surface area (Å²) in [7, 11) is 0. The average molecular weight is 1830 g/mol. The van der Waals surface area contributed by atoms with E-state index in [0.29, 0.717) is 178 Å². The molecule has 2 aliphatic heterocycles. The fourth-order valence-corrected chi connectivity index (χ4v) is 20.1. The van der Waals surface area contributed by atoms with Crippen molar-refractivity contribution in [3.05, 3.63) is 304 Å². The number of hydrogen-bond donors (Lipinski definition) is 0. The number of benzene rings is 13. The van der Waals surface area contributed by atoms with Gasteiger partial charge >= 0.3 is 0 Å². The first-order valence-corrected chi connectivity index (χ1v) is 49.5. The lowest BCUT2D eigenvalue weighted by atomic mass is 9.33. The number of fused-ring (bicyclic) bond motifs is 10. The van der Waals surface area contributed by atoms with Gasteiger partial charge in [0.2, 0.25) is 0 Å². The summed E-state index contributed by atoms with van der Waals surface area (Å²) in [6, 6.07) is 78.4. The molecule has 17 rings (SSSR count). The molecule has 0 unspecified atom stereocenters. The number of aromatic nitrogens is 2. The lowest BCUT2D eigenvalue weighted by Crippen LogP contribution is -2.61. The predicted molar refractivity (Wildman–Crippen MR) is 601 cm³/mol. The number of nitrogens with zero attached hydrogens (tertiary/aromatic N) is 4. The highest BCUT2D eigenvalue weighted by molar-refractivity contribution is 7.00. The van der Waals surface area contributed by atoms with E-state index >= 15 is 0 Å². The third-order valence-corrected chi connectivity index (χ3v) is 24.6. The molecular weight excluding hydrogens is 1650 g/mol. The second-order valence-corrected chi connectivity index (χ2v) is 50.3. The van der Waals surface area contributed by atoms with E-state index in [0.717, 1.165) is 22.0 Å². The Balaban J connectivity index is 1.14. The Bertz CT molecular complexity index is 7600. The topological polar surface area (TPSA) is 16.3 Å². The van der Waals surface area contributed by atoms with Crippen molar-refractivity contribution < 1.29 is 27.4 Å². The van der Waals surface area contributed by atoms with Crippen LogP contribution in [0.15, 0.2) is 243 Å². The minimum Gasteiger partial charge on any atom is -0.311 e. The monoisotopic (exact) mass is 1830 g/mol. The molecule has 0 saturated carbocycles. The molecule has 0 saturated heterocycles. The van der Waals surface area contributed by atoms with Gasteiger partial charge in [-0.05, 0) is 343 Å². The SMILES string of the molecule is [2H]C([2H])(c1cccc(-c2cc(C([2H])([2H])C(C)(C)C)c(-c3cccc(C([2H])([2H])C(C)(C)C)c3)cc2N2c3cc(-n4c5ccc(C([2H])([2H])C(C)(C)C)cc5c5cc(C([2H])([2H])C(C)(C)C)ccc54)ccc3B3c4ccc(-n5c6ccc(C([2H])([2H])C(C)(C)C)cc6c6cc(C([2H])([2H])C(C)(C)C)ccc65)cc4N(c4cc(-c5cccc(C([2H])([2H])C(C)(C)C)c5)c(C([2H])([2H])C(C)(C)C)cc4-c4cccc(C([2H])([2H])C(C)(C)C)c4)c4cc(C(C)(C)C)cc2c43)c1)C(C)(C)C. The molecule has 13 aromatic carbocycles. The minimum absolute atomic E-state index is 0.278. The van der Waals surface area contributed by atoms with Crippen LogP contribution in [0.4, 0.5) is 34.1 Å². The summed E-state index contributed by atoms with van der Waals surface area (Å²) >= 11 is 0. The summed E-state index contributed by atoms with van der Waals surface area (Å²) in [6.45, 7) is 62.1. The lowest BCUT2D eigenvalue weighted by Gasteiger charge is -2.46. The third-order valence-electron chi connectivity index (χ3n) is 24.6. The van der Waals surface area contributed by atoms with E-state index < -0.39 is 130 Å². The molecule has 0 bridgehead atoms. The fraction of sp³-hybridized carbons (Fsp3) is 0.409. The van der Waals surface area contributed by atoms with Crippen molar-refractivity contribution >= 4 is 101 Å². The minimum atomic E-state index is -2.21. The zero-order chi connectivity index (χ0) is 117. The fourth-order valence-electron chi connectivity index (χ4n) is 20.1. The highest BCUT2D eigenvalue weighted by Gasteiger charge is 2.47. The molecule has 0 spiro atoms. The number of anilines is 6. The van der Waals surface area contributed by atoms with Crippen molar-refractivity contribution in [2.45, 2.75) is 298 Å². The Morgan fingerprint density at radius 2 is 0.467 bits per heavy atom. The van der Waals surface area contributed by atoms with Crippen LogP contribution in [0.2, 0.25) is 0 Å². The lowest BCUT2D eigenvalue weighted by molar-refractivity contribution is 0.410. The summed E-state index contributed by atoms with van der Waals surface area (Å²) in [5, 5.41) is 2.71. The smallest absolute Gasteiger partial charge is 0.252 e. The largest absolute Gasteiger partial charge is 0.311 e. The molecule has 0 atom stereocenters. The second kappa shape index (κ2) is 35.2. The maximum Gasteiger partial charge on any atom is 0.252 e. The molecule has 4 nitrogen and oxygen atoms in total. The first-order valence-electron chi connectivity index (χ1n) is 59.5. The molecule has 5 heteroatoms. The van der Waals surface area contributed by atoms with Crippen molar-refractivity contribution in [1.82, 2.24) is 9.13 Å². The van der Waals surface area contributed by atoms with Crippen LogP contribution in [-0.4, -0.2) is 15.8 Å². The predicted octanol–water partition coefficient (Wildman–Crippen LogP) is 35.8. The van der Waals surface area contributed by atoms with Crippen LogP contribution in [0.5, 0.6) is 0 Å². The standard InChI is InChI=1S/C132H159BN4/c1-122(2,3)74-84-38-34-42-92(58-84)101-72-115(103(66-96(101)82-130(25,26)27)94-44-36-40-86(60-94)76-124(7,8)9)136-117-70-99(134-111-54-46-88(78-126(13,14)15)62-105(111)106-63-89(47-55-112(106)134)79-127(16,17)18)50-52-109(117)133-110-53-51-100(135-113-56-48-90(80-128(19,20)21)64-107(113)108-65-91(49-57-114(108)135)81-129(22,23)24)71-118(110)137(120-69-98(132(31,32)33)68-119(136)121(120)133)116-73-102(93-43-35-39-85(59-93)75-123(4,5)6)97(83-131(28,29)30)67-104(116)95-45-37-41-87(61-95)77-125(10,11)12/h34-73H,74-83H2,1-33H3/i74D2,75D2,76D2,77D2,78D2,79D2,80D2,81D2,82D2,83D2. The van der Waals surface area contributed by atoms with Gasteiger partial charge in [-0.1, -0.05) is 362 Å². The maximum absolute atomic E-state index is 11.0. The summed E-state index contributed by atoms with van der Waals surface area (Å²) in [6.07, 6.45) is -19.8. The van der Waals surface area contributed by atoms with Gasteiger partial charge < -0.3 is 18.9 Å². The van der Waals surface area contributed by atoms with Gasteiger partial charge in [0.15, 0.2) is 0 Å². The molecule has 4 heterocycles. The van der Waals surface area contributed by atoms with Gasteiger partial charge in [0, 0.05) is 94.2 Å². The van der Waals surface area contributed by atoms with Crippen LogP contribution in [-0.2, 0) is 69.1 Å². The molecule has 15 aromatic rings. The summed E-state index contributed by atoms with van der Waals surface area (Å²) in [4.78, 5) is 4.59. The Morgan fingerprint density at radius 1 is 0.219 bits per heavy atom. The Labute approximate surface area is 854 Å². The van der Waals surface area contributed by atoms with Gasteiger partial charge in [-0.2, -0.15) is 0 Å². The Kier molecular flexibility index (Phi) is 19.3. The second-order valence-electron chi connectivity index (χ2n) is 50.3. The third kappa shape index (κ3) is 21.8. The van der Waals surface area contributed by atoms with Crippen LogP contribution in [0.25, 0.3) is 99.5 Å². The molecule has 0 N–H and O–H groups in total. The van der Waals surface area contributed by atoms with Crippen molar-refractivity contribution in [2.24, 2.45) is 54.1 Å². The first kappa shape index (κ1) is 75.1. The van der Waals surface area contributed by atoms with Crippen LogP contribution < -0.4 is 26.2 Å². The van der Waals surface area contributed by atoms with Crippen molar-refractivity contribution in [3.8, 4) is 55.9 Å². The Morgan fingerprint density at radius 3 is 0.715 bits per heavy atom. The van der Waals surface area contributed by atoms with Crippen LogP contribution in [0.3, 0.4) is 0 Å². The quantitative estimate of drug-likeness (QED) is 0.0796. The molecule has 710 valence electrons. The molecular formula is C132H159BN4. The van der Waals surface area contributed by atoms with Crippen molar-refractivity contribution in [1.29, 1.82) is 0 Å². The van der Waals surface area contributed by atoms with Gasteiger partial charge in [0.05, 0.1) is 33.4 Å². The zero-order valence-corrected chi connectivity index (χ0v) is 88.0.